The number of methoxy groups -OCH3 is 1. The second-order valence-corrected chi connectivity index (χ2v) is 3.43. The zero-order valence-electron chi connectivity index (χ0n) is 9.23. The summed E-state index contributed by atoms with van der Waals surface area (Å²) in [4.78, 5) is 21.7. The topological polar surface area (TPSA) is 68.5 Å². The summed E-state index contributed by atoms with van der Waals surface area (Å²) in [5.74, 6) is 0.142. The zero-order valence-corrected chi connectivity index (χ0v) is 9.23. The van der Waals surface area contributed by atoms with E-state index < -0.39 is 5.97 Å². The van der Waals surface area contributed by atoms with Gasteiger partial charge in [-0.2, -0.15) is 0 Å². The van der Waals surface area contributed by atoms with Gasteiger partial charge in [-0.05, 0) is 12.1 Å². The molecule has 0 saturated heterocycles. The number of ether oxygens (including phenoxy) is 1. The molecule has 1 aromatic carbocycles. The van der Waals surface area contributed by atoms with Crippen LogP contribution in [-0.2, 0) is 16.1 Å². The van der Waals surface area contributed by atoms with Gasteiger partial charge in [0.1, 0.15) is 16.9 Å². The molecule has 0 aliphatic heterocycles. The van der Waals surface area contributed by atoms with Crippen molar-refractivity contribution in [3.8, 4) is 0 Å². The van der Waals surface area contributed by atoms with Crippen LogP contribution in [0.4, 0.5) is 0 Å². The van der Waals surface area contributed by atoms with Crippen molar-refractivity contribution < 1.29 is 18.7 Å². The van der Waals surface area contributed by atoms with Crippen LogP contribution in [0.5, 0.6) is 0 Å². The third-order valence-corrected chi connectivity index (χ3v) is 2.36. The lowest BCUT2D eigenvalue weighted by Gasteiger charge is -1.99. The van der Waals surface area contributed by atoms with Crippen LogP contribution in [0.25, 0.3) is 11.0 Å². The number of fused-ring (bicyclic) bond motifs is 1. The number of carbonyl (C=O) groups excluding carboxylic acids is 2. The summed E-state index contributed by atoms with van der Waals surface area (Å²) in [7, 11) is 1.32. The maximum Gasteiger partial charge on any atom is 0.341 e. The molecule has 88 valence electrons. The van der Waals surface area contributed by atoms with Gasteiger partial charge in [0.15, 0.2) is 0 Å². The first kappa shape index (κ1) is 11.2. The Balaban J connectivity index is 2.45. The number of hydrogen-bond donors (Lipinski definition) is 1. The molecule has 0 aliphatic rings. The van der Waals surface area contributed by atoms with Crippen LogP contribution in [-0.4, -0.2) is 19.5 Å². The van der Waals surface area contributed by atoms with Gasteiger partial charge in [-0.3, -0.25) is 4.79 Å². The molecule has 0 unspecified atom stereocenters. The first-order chi connectivity index (χ1) is 8.26. The fourth-order valence-electron chi connectivity index (χ4n) is 1.62. The monoisotopic (exact) mass is 233 g/mol. The summed E-state index contributed by atoms with van der Waals surface area (Å²) < 4.78 is 10.2. The van der Waals surface area contributed by atoms with Crippen LogP contribution >= 0.6 is 0 Å². The molecule has 0 spiro atoms. The number of para-hydroxylation sites is 1. The lowest BCUT2D eigenvalue weighted by molar-refractivity contribution is -0.109. The molecular formula is C12H11NO4. The predicted octanol–water partition coefficient (Wildman–Crippen LogP) is 1.47. The van der Waals surface area contributed by atoms with E-state index in [1.54, 1.807) is 18.2 Å². The molecular weight excluding hydrogens is 222 g/mol. The van der Waals surface area contributed by atoms with Gasteiger partial charge in [0.2, 0.25) is 6.41 Å². The third kappa shape index (κ3) is 2.13. The van der Waals surface area contributed by atoms with Gasteiger partial charge in [-0.15, -0.1) is 0 Å². The Morgan fingerprint density at radius 1 is 1.53 bits per heavy atom. The van der Waals surface area contributed by atoms with Crippen LogP contribution in [0.2, 0.25) is 0 Å². The van der Waals surface area contributed by atoms with Crippen molar-refractivity contribution in [1.29, 1.82) is 0 Å². The predicted molar refractivity (Wildman–Crippen MR) is 60.5 cm³/mol. The Morgan fingerprint density at radius 2 is 2.35 bits per heavy atom. The number of benzene rings is 1. The Bertz CT molecular complexity index is 559. The van der Waals surface area contributed by atoms with E-state index in [0.717, 1.165) is 5.39 Å². The Hall–Kier alpha value is -2.30. The van der Waals surface area contributed by atoms with E-state index in [4.69, 9.17) is 4.42 Å². The van der Waals surface area contributed by atoms with Gasteiger partial charge in [0.05, 0.1) is 13.7 Å². The second kappa shape index (κ2) is 4.69. The maximum atomic E-state index is 11.5. The molecule has 0 atom stereocenters. The highest BCUT2D eigenvalue weighted by molar-refractivity contribution is 6.02. The number of esters is 1. The summed E-state index contributed by atoms with van der Waals surface area (Å²) in [6.07, 6.45) is 0.592. The molecule has 1 aromatic heterocycles. The molecule has 0 aliphatic carbocycles. The number of rotatable bonds is 4. The minimum Gasteiger partial charge on any atom is -0.465 e. The van der Waals surface area contributed by atoms with E-state index in [1.807, 2.05) is 6.07 Å². The van der Waals surface area contributed by atoms with E-state index in [-0.39, 0.29) is 0 Å². The lowest BCUT2D eigenvalue weighted by Crippen LogP contribution is -2.08. The molecule has 1 N–H and O–H groups in total. The van der Waals surface area contributed by atoms with Crippen LogP contribution in [0, 0.1) is 0 Å². The molecule has 1 heterocycles. The van der Waals surface area contributed by atoms with Crippen molar-refractivity contribution in [2.45, 2.75) is 6.54 Å². The van der Waals surface area contributed by atoms with E-state index >= 15 is 0 Å². The first-order valence-electron chi connectivity index (χ1n) is 5.03. The summed E-state index contributed by atoms with van der Waals surface area (Å²) in [5, 5.41) is 3.30. The summed E-state index contributed by atoms with van der Waals surface area (Å²) >= 11 is 0. The quantitative estimate of drug-likeness (QED) is 0.641. The van der Waals surface area contributed by atoms with E-state index in [9.17, 15) is 9.59 Å². The SMILES string of the molecule is COC(=O)c1cccc2cc(CNC=O)oc12. The molecule has 5 heteroatoms. The minimum absolute atomic E-state index is 0.290. The van der Waals surface area contributed by atoms with Crippen LogP contribution in [0.15, 0.2) is 28.7 Å². The lowest BCUT2D eigenvalue weighted by atomic mass is 10.1. The van der Waals surface area contributed by atoms with Gasteiger partial charge in [0.25, 0.3) is 0 Å². The number of hydrogen-bond acceptors (Lipinski definition) is 4. The molecule has 0 saturated carbocycles. The smallest absolute Gasteiger partial charge is 0.341 e. The highest BCUT2D eigenvalue weighted by Gasteiger charge is 2.14. The van der Waals surface area contributed by atoms with Crippen LogP contribution in [0.1, 0.15) is 16.1 Å². The standard InChI is InChI=1S/C12H11NO4/c1-16-12(15)10-4-2-3-8-5-9(6-13-7-14)17-11(8)10/h2-5,7H,6H2,1H3,(H,13,14). The second-order valence-electron chi connectivity index (χ2n) is 3.43. The van der Waals surface area contributed by atoms with Crippen LogP contribution < -0.4 is 5.32 Å². The first-order valence-corrected chi connectivity index (χ1v) is 5.03. The van der Waals surface area contributed by atoms with Gasteiger partial charge >= 0.3 is 5.97 Å². The normalized spacial score (nSPS) is 10.2. The molecule has 0 bridgehead atoms. The van der Waals surface area contributed by atoms with Gasteiger partial charge in [-0.25, -0.2) is 4.79 Å². The molecule has 5 nitrogen and oxygen atoms in total. The van der Waals surface area contributed by atoms with Gasteiger partial charge in [-0.1, -0.05) is 12.1 Å². The van der Waals surface area contributed by atoms with E-state index in [0.29, 0.717) is 29.9 Å². The van der Waals surface area contributed by atoms with Gasteiger partial charge < -0.3 is 14.5 Å². The third-order valence-electron chi connectivity index (χ3n) is 2.36. The molecule has 2 aromatic rings. The molecule has 2 rings (SSSR count). The minimum atomic E-state index is -0.445. The van der Waals surface area contributed by atoms with Crippen molar-refractivity contribution in [1.82, 2.24) is 5.32 Å². The zero-order chi connectivity index (χ0) is 12.3. The Morgan fingerprint density at radius 3 is 3.06 bits per heavy atom. The Kier molecular flexibility index (Phi) is 3.09. The summed E-state index contributed by atoms with van der Waals surface area (Å²) in [5.41, 5.74) is 0.851. The number of carbonyl (C=O) groups is 2. The highest BCUT2D eigenvalue weighted by Crippen LogP contribution is 2.23. The average Bonchev–Trinajstić information content (AvgIpc) is 2.77. The molecule has 0 radical (unpaired) electrons. The van der Waals surface area contributed by atoms with E-state index in [1.165, 1.54) is 7.11 Å². The van der Waals surface area contributed by atoms with Crippen molar-refractivity contribution in [3.63, 3.8) is 0 Å². The largest absolute Gasteiger partial charge is 0.465 e. The summed E-state index contributed by atoms with van der Waals surface area (Å²) in [6.45, 7) is 0.290. The average molecular weight is 233 g/mol. The fourth-order valence-corrected chi connectivity index (χ4v) is 1.62. The van der Waals surface area contributed by atoms with Crippen molar-refractivity contribution in [3.05, 3.63) is 35.6 Å². The van der Waals surface area contributed by atoms with E-state index in [2.05, 4.69) is 10.1 Å². The number of furan rings is 1. The summed E-state index contributed by atoms with van der Waals surface area (Å²) in [6, 6.07) is 6.99. The van der Waals surface area contributed by atoms with Gasteiger partial charge in [0, 0.05) is 5.39 Å². The van der Waals surface area contributed by atoms with Crippen LogP contribution in [0.3, 0.4) is 0 Å². The molecule has 1 amide bonds. The highest BCUT2D eigenvalue weighted by atomic mass is 16.5. The Labute approximate surface area is 97.4 Å². The van der Waals surface area contributed by atoms with Crippen molar-refractivity contribution in [2.75, 3.05) is 7.11 Å². The van der Waals surface area contributed by atoms with Crippen molar-refractivity contribution >= 4 is 23.3 Å². The van der Waals surface area contributed by atoms with Crippen molar-refractivity contribution in [2.24, 2.45) is 0 Å². The molecule has 0 fully saturated rings. The number of nitrogens with one attached hydrogen (secondary N) is 1. The number of amides is 1. The maximum absolute atomic E-state index is 11.5. The fraction of sp³-hybridized carbons (Fsp3) is 0.167. The molecule has 17 heavy (non-hydrogen) atoms.